The van der Waals surface area contributed by atoms with Crippen LogP contribution in [0.4, 0.5) is 0 Å². The maximum absolute atomic E-state index is 12.0. The first-order chi connectivity index (χ1) is 8.59. The van der Waals surface area contributed by atoms with E-state index in [4.69, 9.17) is 9.47 Å². The van der Waals surface area contributed by atoms with E-state index in [-0.39, 0.29) is 12.3 Å². The van der Waals surface area contributed by atoms with Gasteiger partial charge in [0, 0.05) is 13.7 Å². The van der Waals surface area contributed by atoms with E-state index in [9.17, 15) is 14.7 Å². The van der Waals surface area contributed by atoms with Crippen molar-refractivity contribution in [3.8, 4) is 0 Å². The first-order valence-corrected chi connectivity index (χ1v) is 6.40. The van der Waals surface area contributed by atoms with Gasteiger partial charge in [-0.15, -0.1) is 0 Å². The van der Waals surface area contributed by atoms with Crippen LogP contribution in [-0.2, 0) is 19.1 Å². The lowest BCUT2D eigenvalue weighted by molar-refractivity contribution is -0.172. The zero-order valence-electron chi connectivity index (χ0n) is 11.1. The molecule has 1 N–H and O–H groups in total. The summed E-state index contributed by atoms with van der Waals surface area (Å²) in [5, 5.41) is 9.54. The van der Waals surface area contributed by atoms with Gasteiger partial charge in [0.15, 0.2) is 5.41 Å². The number of carbonyl (C=O) groups is 2. The van der Waals surface area contributed by atoms with Gasteiger partial charge in [0.1, 0.15) is 0 Å². The molecule has 104 valence electrons. The van der Waals surface area contributed by atoms with E-state index in [2.05, 4.69) is 0 Å². The predicted octanol–water partition coefficient (Wildman–Crippen LogP) is 1.85. The van der Waals surface area contributed by atoms with Crippen molar-refractivity contribution in [1.29, 1.82) is 0 Å². The summed E-state index contributed by atoms with van der Waals surface area (Å²) in [6, 6.07) is 0. The average molecular weight is 258 g/mol. The summed E-state index contributed by atoms with van der Waals surface area (Å²) >= 11 is 0. The van der Waals surface area contributed by atoms with Gasteiger partial charge in [-0.25, -0.2) is 0 Å². The predicted molar refractivity (Wildman–Crippen MR) is 65.2 cm³/mol. The fourth-order valence-corrected chi connectivity index (χ4v) is 2.94. The first kappa shape index (κ1) is 15.0. The van der Waals surface area contributed by atoms with Crippen LogP contribution in [0.1, 0.15) is 38.5 Å². The van der Waals surface area contributed by atoms with Crippen molar-refractivity contribution in [2.75, 3.05) is 20.8 Å². The Labute approximate surface area is 107 Å². The van der Waals surface area contributed by atoms with Crippen molar-refractivity contribution in [1.82, 2.24) is 0 Å². The molecule has 1 aliphatic carbocycles. The van der Waals surface area contributed by atoms with Crippen LogP contribution in [0.3, 0.4) is 0 Å². The minimum atomic E-state index is -1.39. The Morgan fingerprint density at radius 3 is 2.33 bits per heavy atom. The van der Waals surface area contributed by atoms with E-state index in [1.807, 2.05) is 0 Å². The molecule has 1 aliphatic rings. The highest BCUT2D eigenvalue weighted by Crippen LogP contribution is 2.44. The fraction of sp³-hybridized carbons (Fsp3) is 0.846. The van der Waals surface area contributed by atoms with E-state index in [1.54, 1.807) is 7.11 Å². The number of rotatable bonds is 7. The zero-order valence-corrected chi connectivity index (χ0v) is 11.1. The molecule has 0 amide bonds. The van der Waals surface area contributed by atoms with Gasteiger partial charge in [0.05, 0.1) is 7.11 Å². The van der Waals surface area contributed by atoms with Crippen molar-refractivity contribution in [2.24, 2.45) is 11.3 Å². The Morgan fingerprint density at radius 2 is 1.89 bits per heavy atom. The van der Waals surface area contributed by atoms with Crippen molar-refractivity contribution in [3.05, 3.63) is 0 Å². The van der Waals surface area contributed by atoms with Crippen LogP contribution in [-0.4, -0.2) is 37.9 Å². The molecule has 5 nitrogen and oxygen atoms in total. The molecule has 0 heterocycles. The number of esters is 1. The normalized spacial score (nSPS) is 19.4. The van der Waals surface area contributed by atoms with Gasteiger partial charge in [-0.1, -0.05) is 12.8 Å². The van der Waals surface area contributed by atoms with Crippen LogP contribution in [0.2, 0.25) is 0 Å². The molecule has 0 saturated heterocycles. The highest BCUT2D eigenvalue weighted by molar-refractivity contribution is 5.99. The number of carboxylic acid groups (broad SMARTS) is 1. The third kappa shape index (κ3) is 2.83. The smallest absolute Gasteiger partial charge is 0.323 e. The number of carboxylic acids is 1. The molecule has 1 rings (SSSR count). The first-order valence-electron chi connectivity index (χ1n) is 6.40. The molecule has 0 bridgehead atoms. The van der Waals surface area contributed by atoms with Gasteiger partial charge in [-0.3, -0.25) is 9.59 Å². The van der Waals surface area contributed by atoms with Crippen LogP contribution < -0.4 is 0 Å². The summed E-state index contributed by atoms with van der Waals surface area (Å²) < 4.78 is 9.71. The molecule has 0 aromatic rings. The van der Waals surface area contributed by atoms with Crippen LogP contribution in [0.5, 0.6) is 0 Å². The summed E-state index contributed by atoms with van der Waals surface area (Å²) in [6.45, 7) is 0.457. The Kier molecular flexibility index (Phi) is 5.59. The second-order valence-corrected chi connectivity index (χ2v) is 4.85. The zero-order chi connectivity index (χ0) is 13.6. The Balaban J connectivity index is 2.93. The van der Waals surface area contributed by atoms with E-state index in [0.717, 1.165) is 25.7 Å². The van der Waals surface area contributed by atoms with Crippen LogP contribution in [0, 0.1) is 11.3 Å². The lowest BCUT2D eigenvalue weighted by atomic mass is 9.71. The summed E-state index contributed by atoms with van der Waals surface area (Å²) in [7, 11) is 2.82. The van der Waals surface area contributed by atoms with E-state index >= 15 is 0 Å². The monoisotopic (exact) mass is 258 g/mol. The summed E-state index contributed by atoms with van der Waals surface area (Å²) in [5.41, 5.74) is -1.39. The molecule has 18 heavy (non-hydrogen) atoms. The van der Waals surface area contributed by atoms with E-state index < -0.39 is 17.4 Å². The van der Waals surface area contributed by atoms with Crippen molar-refractivity contribution >= 4 is 11.9 Å². The Morgan fingerprint density at radius 1 is 1.28 bits per heavy atom. The lowest BCUT2D eigenvalue weighted by Gasteiger charge is -2.32. The van der Waals surface area contributed by atoms with E-state index in [1.165, 1.54) is 7.11 Å². The second-order valence-electron chi connectivity index (χ2n) is 4.85. The second kappa shape index (κ2) is 6.73. The summed E-state index contributed by atoms with van der Waals surface area (Å²) in [4.78, 5) is 23.7. The largest absolute Gasteiger partial charge is 0.480 e. The molecule has 0 aromatic carbocycles. The lowest BCUT2D eigenvalue weighted by Crippen LogP contribution is -2.46. The molecule has 1 unspecified atom stereocenters. The standard InChI is InChI=1S/C13H22O5/c1-17-9-5-8-13(11(14)15,12(16)18-2)10-6-3-4-7-10/h10H,3-9H2,1-2H3,(H,14,15). The molecule has 1 fully saturated rings. The molecule has 0 aliphatic heterocycles. The van der Waals surface area contributed by atoms with Crippen LogP contribution in [0.25, 0.3) is 0 Å². The van der Waals surface area contributed by atoms with Gasteiger partial charge in [-0.05, 0) is 31.6 Å². The van der Waals surface area contributed by atoms with Gasteiger partial charge in [-0.2, -0.15) is 0 Å². The highest BCUT2D eigenvalue weighted by atomic mass is 16.5. The Bertz CT molecular complexity index is 296. The number of methoxy groups -OCH3 is 2. The van der Waals surface area contributed by atoms with Crippen LogP contribution in [0.15, 0.2) is 0 Å². The molecule has 1 atom stereocenters. The third-order valence-electron chi connectivity index (χ3n) is 3.90. The number of hydrogen-bond donors (Lipinski definition) is 1. The SMILES string of the molecule is COCCCC(C(=O)O)(C(=O)OC)C1CCCC1. The molecule has 0 aromatic heterocycles. The highest BCUT2D eigenvalue weighted by Gasteiger charge is 2.53. The minimum absolute atomic E-state index is 0.112. The molecule has 0 spiro atoms. The van der Waals surface area contributed by atoms with Gasteiger partial charge in [0.2, 0.25) is 0 Å². The van der Waals surface area contributed by atoms with Gasteiger partial charge >= 0.3 is 11.9 Å². The molecule has 1 saturated carbocycles. The number of carbonyl (C=O) groups excluding carboxylic acids is 1. The van der Waals surface area contributed by atoms with Crippen molar-refractivity contribution in [3.63, 3.8) is 0 Å². The minimum Gasteiger partial charge on any atom is -0.480 e. The third-order valence-corrected chi connectivity index (χ3v) is 3.90. The molecule has 0 radical (unpaired) electrons. The quantitative estimate of drug-likeness (QED) is 0.428. The molecular formula is C13H22O5. The maximum Gasteiger partial charge on any atom is 0.323 e. The van der Waals surface area contributed by atoms with Gasteiger partial charge < -0.3 is 14.6 Å². The van der Waals surface area contributed by atoms with Gasteiger partial charge in [0.25, 0.3) is 0 Å². The number of ether oxygens (including phenoxy) is 2. The summed E-state index contributed by atoms with van der Waals surface area (Å²) in [6.07, 6.45) is 4.38. The van der Waals surface area contributed by atoms with Crippen molar-refractivity contribution in [2.45, 2.75) is 38.5 Å². The van der Waals surface area contributed by atoms with E-state index in [0.29, 0.717) is 13.0 Å². The molecular weight excluding hydrogens is 236 g/mol. The topological polar surface area (TPSA) is 72.8 Å². The number of aliphatic carboxylic acids is 1. The average Bonchev–Trinajstić information content (AvgIpc) is 2.87. The van der Waals surface area contributed by atoms with Crippen molar-refractivity contribution < 1.29 is 24.2 Å². The molecule has 5 heteroatoms. The number of hydrogen-bond acceptors (Lipinski definition) is 4. The summed E-state index contributed by atoms with van der Waals surface area (Å²) in [5.74, 6) is -1.78. The van der Waals surface area contributed by atoms with Crippen LogP contribution >= 0.6 is 0 Å². The fourth-order valence-electron chi connectivity index (χ4n) is 2.94. The maximum atomic E-state index is 12.0. The Hall–Kier alpha value is -1.10.